The largest absolute Gasteiger partial charge is 0.547 e. The molecule has 0 spiro atoms. The number of benzene rings is 1. The second-order valence-electron chi connectivity index (χ2n) is 3.72. The Morgan fingerprint density at radius 2 is 2.05 bits per heavy atom. The minimum Gasteiger partial charge on any atom is -0.547 e. The number of fused-ring (bicyclic) bond motifs is 1. The van der Waals surface area contributed by atoms with E-state index in [-0.39, 0.29) is 11.7 Å². The van der Waals surface area contributed by atoms with Crippen LogP contribution in [0.1, 0.15) is 0 Å². The molecule has 1 aromatic heterocycles. The quantitative estimate of drug-likeness (QED) is 0.822. The molecule has 0 atom stereocenters. The van der Waals surface area contributed by atoms with Crippen molar-refractivity contribution in [2.75, 3.05) is 12.2 Å². The van der Waals surface area contributed by atoms with Crippen LogP contribution in [-0.4, -0.2) is 22.7 Å². The maximum atomic E-state index is 12.9. The molecule has 0 aliphatic carbocycles. The van der Waals surface area contributed by atoms with Gasteiger partial charge in [-0.25, -0.2) is 14.8 Å². The lowest BCUT2D eigenvalue weighted by Crippen LogP contribution is -2.40. The van der Waals surface area contributed by atoms with E-state index in [4.69, 9.17) is 4.74 Å². The number of nitrogens with zero attached hydrogens (tertiary/aromatic N) is 4. The molecule has 1 aromatic carbocycles. The van der Waals surface area contributed by atoms with Crippen molar-refractivity contribution >= 4 is 11.9 Å². The van der Waals surface area contributed by atoms with Crippen LogP contribution in [0.3, 0.4) is 0 Å². The molecule has 1 aliphatic rings. The van der Waals surface area contributed by atoms with E-state index in [2.05, 4.69) is 15.5 Å². The van der Waals surface area contributed by atoms with Crippen molar-refractivity contribution in [3.63, 3.8) is 0 Å². The Balaban J connectivity index is 2.09. The highest BCUT2D eigenvalue weighted by molar-refractivity contribution is 5.73. The first-order chi connectivity index (χ1) is 9.19. The van der Waals surface area contributed by atoms with Crippen LogP contribution in [0.4, 0.5) is 10.2 Å². The standard InChI is InChI=1S/C11H10FN5O2/c1-13-17-10-9(19-11(18)15-17)14-6-16(10)8-4-2-7(12)3-5-8/h2-6,13H,1H3,(H,15,18)/p-1. The minimum absolute atomic E-state index is 0.138. The van der Waals surface area contributed by atoms with Crippen molar-refractivity contribution in [3.8, 4) is 11.6 Å². The molecule has 0 unspecified atom stereocenters. The summed E-state index contributed by atoms with van der Waals surface area (Å²) in [5.74, 6) is 0.242. The molecule has 0 saturated heterocycles. The van der Waals surface area contributed by atoms with Crippen LogP contribution in [0, 0.1) is 5.82 Å². The fourth-order valence-electron chi connectivity index (χ4n) is 1.77. The van der Waals surface area contributed by atoms with Crippen molar-refractivity contribution in [2.45, 2.75) is 0 Å². The predicted molar refractivity (Wildman–Crippen MR) is 63.1 cm³/mol. The normalized spacial score (nSPS) is 13.8. The van der Waals surface area contributed by atoms with Crippen LogP contribution in [0.5, 0.6) is 5.88 Å². The molecular weight excluding hydrogens is 253 g/mol. The van der Waals surface area contributed by atoms with Gasteiger partial charge in [-0.05, 0) is 24.3 Å². The zero-order valence-corrected chi connectivity index (χ0v) is 9.87. The molecule has 0 fully saturated rings. The van der Waals surface area contributed by atoms with Gasteiger partial charge < -0.3 is 9.84 Å². The molecule has 98 valence electrons. The molecule has 8 heteroatoms. The number of ether oxygens (including phenoxy) is 1. The van der Waals surface area contributed by atoms with Gasteiger partial charge in [0, 0.05) is 12.7 Å². The Morgan fingerprint density at radius 3 is 2.74 bits per heavy atom. The van der Waals surface area contributed by atoms with Gasteiger partial charge >= 0.3 is 0 Å². The van der Waals surface area contributed by atoms with Crippen molar-refractivity contribution in [2.24, 2.45) is 5.10 Å². The number of anilines is 1. The third-order valence-electron chi connectivity index (χ3n) is 2.59. The number of halogens is 1. The molecule has 19 heavy (non-hydrogen) atoms. The highest BCUT2D eigenvalue weighted by atomic mass is 19.1. The Morgan fingerprint density at radius 1 is 1.32 bits per heavy atom. The van der Waals surface area contributed by atoms with Crippen molar-refractivity contribution in [1.29, 1.82) is 0 Å². The van der Waals surface area contributed by atoms with Gasteiger partial charge in [0.25, 0.3) is 0 Å². The second-order valence-corrected chi connectivity index (χ2v) is 3.72. The Kier molecular flexibility index (Phi) is 2.57. The first kappa shape index (κ1) is 11.5. The van der Waals surface area contributed by atoms with E-state index in [1.54, 1.807) is 23.7 Å². The zero-order valence-electron chi connectivity index (χ0n) is 9.87. The number of hydrazine groups is 1. The number of rotatable bonds is 2. The summed E-state index contributed by atoms with van der Waals surface area (Å²) in [4.78, 5) is 3.99. The predicted octanol–water partition coefficient (Wildman–Crippen LogP) is -0.0241. The summed E-state index contributed by atoms with van der Waals surface area (Å²) in [6.45, 7) is 0. The number of nitrogens with one attached hydrogen (secondary N) is 1. The van der Waals surface area contributed by atoms with Gasteiger partial charge in [0.2, 0.25) is 0 Å². The number of hydrazone groups is 1. The van der Waals surface area contributed by atoms with E-state index in [1.807, 2.05) is 0 Å². The Labute approximate surface area is 107 Å². The molecule has 0 bridgehead atoms. The zero-order chi connectivity index (χ0) is 13.4. The first-order valence-corrected chi connectivity index (χ1v) is 5.43. The highest BCUT2D eigenvalue weighted by Crippen LogP contribution is 2.31. The third-order valence-corrected chi connectivity index (χ3v) is 2.59. The molecule has 3 rings (SSSR count). The minimum atomic E-state index is -0.758. The van der Waals surface area contributed by atoms with Crippen LogP contribution in [0.15, 0.2) is 35.7 Å². The SMILES string of the molecule is CNN1N=C([O-])Oc2ncn(-c3ccc(F)cc3)c21. The van der Waals surface area contributed by atoms with Gasteiger partial charge in [0.15, 0.2) is 17.8 Å². The Bertz CT molecular complexity index is 637. The van der Waals surface area contributed by atoms with E-state index >= 15 is 0 Å². The summed E-state index contributed by atoms with van der Waals surface area (Å²) >= 11 is 0. The summed E-state index contributed by atoms with van der Waals surface area (Å²) in [7, 11) is 1.61. The van der Waals surface area contributed by atoms with Crippen molar-refractivity contribution in [1.82, 2.24) is 15.0 Å². The van der Waals surface area contributed by atoms with E-state index in [0.717, 1.165) is 0 Å². The summed E-state index contributed by atoms with van der Waals surface area (Å²) in [6, 6.07) is 5.83. The summed E-state index contributed by atoms with van der Waals surface area (Å²) in [5, 5.41) is 16.1. The van der Waals surface area contributed by atoms with Crippen LogP contribution < -0.4 is 20.4 Å². The van der Waals surface area contributed by atoms with Gasteiger partial charge in [-0.2, -0.15) is 5.12 Å². The summed E-state index contributed by atoms with van der Waals surface area (Å²) < 4.78 is 19.4. The average Bonchev–Trinajstić information content (AvgIpc) is 2.82. The number of aromatic nitrogens is 2. The summed E-state index contributed by atoms with van der Waals surface area (Å²) in [5.41, 5.74) is 3.40. The molecule has 0 amide bonds. The number of hydrogen-bond acceptors (Lipinski definition) is 6. The van der Waals surface area contributed by atoms with Crippen LogP contribution in [0.2, 0.25) is 0 Å². The average molecular weight is 262 g/mol. The van der Waals surface area contributed by atoms with Gasteiger partial charge in [0.1, 0.15) is 12.1 Å². The van der Waals surface area contributed by atoms with Gasteiger partial charge in [-0.1, -0.05) is 0 Å². The molecular formula is C11H9FN5O2-. The topological polar surface area (TPSA) is 77.7 Å². The van der Waals surface area contributed by atoms with E-state index in [9.17, 15) is 9.50 Å². The van der Waals surface area contributed by atoms with Gasteiger partial charge in [-0.15, -0.1) is 5.10 Å². The van der Waals surface area contributed by atoms with E-state index in [0.29, 0.717) is 11.5 Å². The molecule has 2 heterocycles. The third kappa shape index (κ3) is 1.87. The first-order valence-electron chi connectivity index (χ1n) is 5.43. The monoisotopic (exact) mass is 262 g/mol. The highest BCUT2D eigenvalue weighted by Gasteiger charge is 2.20. The molecule has 1 N–H and O–H groups in total. The number of hydrogen-bond donors (Lipinski definition) is 1. The molecule has 0 radical (unpaired) electrons. The second kappa shape index (κ2) is 4.25. The molecule has 1 aliphatic heterocycles. The lowest BCUT2D eigenvalue weighted by molar-refractivity contribution is -0.241. The van der Waals surface area contributed by atoms with Crippen molar-refractivity contribution in [3.05, 3.63) is 36.4 Å². The van der Waals surface area contributed by atoms with Gasteiger partial charge in [0.05, 0.1) is 0 Å². The van der Waals surface area contributed by atoms with Gasteiger partial charge in [-0.3, -0.25) is 4.57 Å². The van der Waals surface area contributed by atoms with E-state index in [1.165, 1.54) is 23.6 Å². The smallest absolute Gasteiger partial charge is 0.186 e. The molecule has 0 saturated carbocycles. The maximum absolute atomic E-state index is 12.9. The molecule has 2 aromatic rings. The lowest BCUT2D eigenvalue weighted by Gasteiger charge is -2.28. The fraction of sp³-hybridized carbons (Fsp3) is 0.0909. The summed E-state index contributed by atoms with van der Waals surface area (Å²) in [6.07, 6.45) is 0.710. The van der Waals surface area contributed by atoms with Crippen LogP contribution in [0.25, 0.3) is 5.69 Å². The van der Waals surface area contributed by atoms with Crippen LogP contribution in [-0.2, 0) is 0 Å². The lowest BCUT2D eigenvalue weighted by atomic mass is 10.3. The fourth-order valence-corrected chi connectivity index (χ4v) is 1.77. The molecule has 7 nitrogen and oxygen atoms in total. The van der Waals surface area contributed by atoms with Crippen LogP contribution >= 0.6 is 0 Å². The van der Waals surface area contributed by atoms with E-state index < -0.39 is 6.08 Å². The number of imidazole rings is 1. The Hall–Kier alpha value is -2.61. The van der Waals surface area contributed by atoms with Crippen molar-refractivity contribution < 1.29 is 14.2 Å². The maximum Gasteiger partial charge on any atom is 0.186 e.